The van der Waals surface area contributed by atoms with Crippen LogP contribution in [0, 0.1) is 27.7 Å². The van der Waals surface area contributed by atoms with E-state index >= 15 is 0 Å². The zero-order chi connectivity index (χ0) is 20.5. The van der Waals surface area contributed by atoms with Crippen LogP contribution in [0.2, 0.25) is 0 Å². The Morgan fingerprint density at radius 1 is 1.11 bits per heavy atom. The molecule has 3 rings (SSSR count). The molecule has 0 bridgehead atoms. The summed E-state index contributed by atoms with van der Waals surface area (Å²) in [5.74, 6) is -0.258. The van der Waals surface area contributed by atoms with E-state index < -0.39 is 10.0 Å². The van der Waals surface area contributed by atoms with Crippen molar-refractivity contribution in [2.45, 2.75) is 39.1 Å². The van der Waals surface area contributed by atoms with Gasteiger partial charge in [-0.15, -0.1) is 0 Å². The van der Waals surface area contributed by atoms with Crippen molar-refractivity contribution in [2.75, 3.05) is 31.6 Å². The molecule has 2 aromatic rings. The van der Waals surface area contributed by atoms with Gasteiger partial charge in [-0.3, -0.25) is 9.48 Å². The van der Waals surface area contributed by atoms with Crippen LogP contribution in [-0.2, 0) is 26.1 Å². The van der Waals surface area contributed by atoms with Gasteiger partial charge in [0, 0.05) is 18.8 Å². The molecule has 1 amide bonds. The van der Waals surface area contributed by atoms with Crippen LogP contribution in [0.4, 0.5) is 5.69 Å². The Morgan fingerprint density at radius 3 is 2.32 bits per heavy atom. The van der Waals surface area contributed by atoms with Crippen LogP contribution >= 0.6 is 0 Å². The summed E-state index contributed by atoms with van der Waals surface area (Å²) in [6.07, 6.45) is 0. The number of benzene rings is 1. The third-order valence-electron chi connectivity index (χ3n) is 4.68. The summed E-state index contributed by atoms with van der Waals surface area (Å²) in [7, 11) is -3.67. The number of carbonyl (C=O) groups is 1. The third kappa shape index (κ3) is 4.26. The molecule has 152 valence electrons. The number of hydrogen-bond donors (Lipinski definition) is 1. The number of morpholine rings is 1. The maximum absolute atomic E-state index is 13.0. The first-order valence-corrected chi connectivity index (χ1v) is 10.6. The zero-order valence-corrected chi connectivity index (χ0v) is 17.5. The maximum Gasteiger partial charge on any atom is 0.246 e. The van der Waals surface area contributed by atoms with E-state index in [1.54, 1.807) is 13.8 Å². The van der Waals surface area contributed by atoms with Gasteiger partial charge in [-0.1, -0.05) is 6.07 Å². The normalized spacial score (nSPS) is 15.6. The number of nitrogens with zero attached hydrogens (tertiary/aromatic N) is 3. The molecule has 1 aliphatic rings. The highest BCUT2D eigenvalue weighted by Gasteiger charge is 2.32. The second-order valence-corrected chi connectivity index (χ2v) is 8.97. The SMILES string of the molecule is Cc1cc(C)cc(NC(=O)Cn2nc(C)c(S(=O)(=O)N3CCOCC3)c2C)c1. The molecule has 9 heteroatoms. The van der Waals surface area contributed by atoms with E-state index in [0.717, 1.165) is 11.1 Å². The van der Waals surface area contributed by atoms with E-state index in [2.05, 4.69) is 10.4 Å². The number of carbonyl (C=O) groups excluding carboxylic acids is 1. The first-order valence-electron chi connectivity index (χ1n) is 9.18. The summed E-state index contributed by atoms with van der Waals surface area (Å²) in [4.78, 5) is 12.7. The molecule has 1 saturated heterocycles. The highest BCUT2D eigenvalue weighted by atomic mass is 32.2. The first-order chi connectivity index (χ1) is 13.2. The van der Waals surface area contributed by atoms with Gasteiger partial charge in [-0.25, -0.2) is 8.42 Å². The smallest absolute Gasteiger partial charge is 0.246 e. The van der Waals surface area contributed by atoms with Gasteiger partial charge >= 0.3 is 0 Å². The van der Waals surface area contributed by atoms with Crippen molar-refractivity contribution in [3.8, 4) is 0 Å². The number of hydrogen-bond acceptors (Lipinski definition) is 5. The van der Waals surface area contributed by atoms with Crippen molar-refractivity contribution >= 4 is 21.6 Å². The number of sulfonamides is 1. The van der Waals surface area contributed by atoms with Gasteiger partial charge in [0.2, 0.25) is 15.9 Å². The molecule has 1 aromatic heterocycles. The third-order valence-corrected chi connectivity index (χ3v) is 6.83. The fraction of sp³-hybridized carbons (Fsp3) is 0.474. The van der Waals surface area contributed by atoms with Gasteiger partial charge in [0.25, 0.3) is 0 Å². The Hall–Kier alpha value is -2.23. The molecule has 2 heterocycles. The lowest BCUT2D eigenvalue weighted by molar-refractivity contribution is -0.116. The summed E-state index contributed by atoms with van der Waals surface area (Å²) in [6, 6.07) is 5.81. The molecule has 1 aliphatic heterocycles. The van der Waals surface area contributed by atoms with Crippen LogP contribution < -0.4 is 5.32 Å². The standard InChI is InChI=1S/C19H26N4O4S/c1-13-9-14(2)11-17(10-13)20-18(24)12-23-16(4)19(15(3)21-23)28(25,26)22-5-7-27-8-6-22/h9-11H,5-8,12H2,1-4H3,(H,20,24). The van der Waals surface area contributed by atoms with Crippen molar-refractivity contribution in [1.29, 1.82) is 0 Å². The minimum Gasteiger partial charge on any atom is -0.379 e. The molecule has 28 heavy (non-hydrogen) atoms. The van der Waals surface area contributed by atoms with Crippen molar-refractivity contribution in [3.63, 3.8) is 0 Å². The van der Waals surface area contributed by atoms with Crippen molar-refractivity contribution in [1.82, 2.24) is 14.1 Å². The second-order valence-electron chi connectivity index (χ2n) is 7.10. The maximum atomic E-state index is 13.0. The molecule has 8 nitrogen and oxygen atoms in total. The van der Waals surface area contributed by atoms with E-state index in [1.165, 1.54) is 8.99 Å². The predicted octanol–water partition coefficient (Wildman–Crippen LogP) is 1.78. The average molecular weight is 407 g/mol. The molecular formula is C19H26N4O4S. The molecular weight excluding hydrogens is 380 g/mol. The molecule has 0 atom stereocenters. The zero-order valence-electron chi connectivity index (χ0n) is 16.7. The lowest BCUT2D eigenvalue weighted by Gasteiger charge is -2.26. The summed E-state index contributed by atoms with van der Waals surface area (Å²) in [5.41, 5.74) is 3.67. The summed E-state index contributed by atoms with van der Waals surface area (Å²) >= 11 is 0. The van der Waals surface area contributed by atoms with E-state index in [9.17, 15) is 13.2 Å². The highest BCUT2D eigenvalue weighted by molar-refractivity contribution is 7.89. The molecule has 0 saturated carbocycles. The lowest BCUT2D eigenvalue weighted by Crippen LogP contribution is -2.41. The van der Waals surface area contributed by atoms with Crippen LogP contribution in [0.25, 0.3) is 0 Å². The molecule has 1 aromatic carbocycles. The average Bonchev–Trinajstić information content (AvgIpc) is 2.88. The van der Waals surface area contributed by atoms with Gasteiger partial charge in [-0.2, -0.15) is 9.40 Å². The van der Waals surface area contributed by atoms with Crippen LogP contribution in [0.15, 0.2) is 23.1 Å². The monoisotopic (exact) mass is 406 g/mol. The molecule has 1 fully saturated rings. The Balaban J connectivity index is 1.80. The van der Waals surface area contributed by atoms with Gasteiger partial charge in [0.1, 0.15) is 11.4 Å². The minimum absolute atomic E-state index is 0.0572. The summed E-state index contributed by atoms with van der Waals surface area (Å²) < 4.78 is 34.1. The highest BCUT2D eigenvalue weighted by Crippen LogP contribution is 2.24. The van der Waals surface area contributed by atoms with Crippen molar-refractivity contribution < 1.29 is 17.9 Å². The first kappa shape index (κ1) is 20.5. The van der Waals surface area contributed by atoms with Gasteiger partial charge < -0.3 is 10.1 Å². The molecule has 0 aliphatic carbocycles. The summed E-state index contributed by atoms with van der Waals surface area (Å²) in [6.45, 7) is 8.60. The molecule has 1 N–H and O–H groups in total. The number of rotatable bonds is 5. The van der Waals surface area contributed by atoms with Crippen LogP contribution in [0.5, 0.6) is 0 Å². The predicted molar refractivity (Wildman–Crippen MR) is 106 cm³/mol. The fourth-order valence-electron chi connectivity index (χ4n) is 3.51. The number of aryl methyl sites for hydroxylation is 3. The van der Waals surface area contributed by atoms with E-state index in [4.69, 9.17) is 4.74 Å². The van der Waals surface area contributed by atoms with Crippen LogP contribution in [0.3, 0.4) is 0 Å². The number of ether oxygens (including phenoxy) is 1. The quantitative estimate of drug-likeness (QED) is 0.817. The van der Waals surface area contributed by atoms with Crippen molar-refractivity contribution in [2.24, 2.45) is 0 Å². The molecule has 0 spiro atoms. The van der Waals surface area contributed by atoms with E-state index in [1.807, 2.05) is 32.0 Å². The number of nitrogens with one attached hydrogen (secondary N) is 1. The minimum atomic E-state index is -3.67. The van der Waals surface area contributed by atoms with E-state index in [0.29, 0.717) is 43.4 Å². The Labute approximate surface area is 165 Å². The molecule has 0 unspecified atom stereocenters. The molecule has 0 radical (unpaired) electrons. The number of aromatic nitrogens is 2. The lowest BCUT2D eigenvalue weighted by atomic mass is 10.1. The number of amides is 1. The Kier molecular flexibility index (Phi) is 5.87. The van der Waals surface area contributed by atoms with Crippen LogP contribution in [0.1, 0.15) is 22.5 Å². The Morgan fingerprint density at radius 2 is 1.71 bits per heavy atom. The van der Waals surface area contributed by atoms with Gasteiger partial charge in [0.15, 0.2) is 0 Å². The van der Waals surface area contributed by atoms with Crippen LogP contribution in [-0.4, -0.2) is 54.7 Å². The van der Waals surface area contributed by atoms with E-state index in [-0.39, 0.29) is 17.3 Å². The van der Waals surface area contributed by atoms with Gasteiger partial charge in [-0.05, 0) is 51.0 Å². The largest absolute Gasteiger partial charge is 0.379 e. The fourth-order valence-corrected chi connectivity index (χ4v) is 5.29. The Bertz CT molecular complexity index is 971. The number of anilines is 1. The van der Waals surface area contributed by atoms with Gasteiger partial charge in [0.05, 0.1) is 24.6 Å². The second kappa shape index (κ2) is 8.02. The topological polar surface area (TPSA) is 93.5 Å². The van der Waals surface area contributed by atoms with Crippen molar-refractivity contribution in [3.05, 3.63) is 40.7 Å². The summed E-state index contributed by atoms with van der Waals surface area (Å²) in [5, 5.41) is 7.16.